The number of rotatable bonds is 7. The molecule has 0 bridgehead atoms. The maximum atomic E-state index is 12.1. The number of carboxylic acid groups (broad SMARTS) is 1. The van der Waals surface area contributed by atoms with Crippen LogP contribution in [-0.4, -0.2) is 36.8 Å². The summed E-state index contributed by atoms with van der Waals surface area (Å²) < 4.78 is 11.1. The normalized spacial score (nSPS) is 21.0. The van der Waals surface area contributed by atoms with Crippen LogP contribution in [0.4, 0.5) is 0 Å². The lowest BCUT2D eigenvalue weighted by Gasteiger charge is -2.16. The van der Waals surface area contributed by atoms with Crippen LogP contribution in [0.1, 0.15) is 24.9 Å². The van der Waals surface area contributed by atoms with E-state index in [0.717, 1.165) is 0 Å². The van der Waals surface area contributed by atoms with Crippen molar-refractivity contribution in [2.24, 2.45) is 5.92 Å². The quantitative estimate of drug-likeness (QED) is 0.766. The lowest BCUT2D eigenvalue weighted by atomic mass is 10.1. The second-order valence-corrected chi connectivity index (χ2v) is 5.86. The average molecular weight is 372 g/mol. The summed E-state index contributed by atoms with van der Waals surface area (Å²) in [5, 5.41) is 11.9. The van der Waals surface area contributed by atoms with Crippen LogP contribution in [0.15, 0.2) is 22.7 Å². The fourth-order valence-corrected chi connectivity index (χ4v) is 2.80. The van der Waals surface area contributed by atoms with Crippen LogP contribution < -0.4 is 10.1 Å². The first-order chi connectivity index (χ1) is 10.5. The molecule has 0 radical (unpaired) electrons. The maximum absolute atomic E-state index is 12.1. The summed E-state index contributed by atoms with van der Waals surface area (Å²) in [6.07, 6.45) is 0.542. The predicted molar refractivity (Wildman–Crippen MR) is 82.7 cm³/mol. The Morgan fingerprint density at radius 1 is 1.50 bits per heavy atom. The standard InChI is InChI=1S/C15H18BrNO5/c1-3-22-12-7-9(12)14(18)17-13(15(19)20)8-4-5-11(21-2)10(16)6-8/h4-6,9,12-13H,3,7H2,1-2H3,(H,17,18)(H,19,20). The molecule has 1 saturated carbocycles. The third kappa shape index (κ3) is 3.78. The van der Waals surface area contributed by atoms with Gasteiger partial charge in [-0.2, -0.15) is 0 Å². The summed E-state index contributed by atoms with van der Waals surface area (Å²) >= 11 is 3.31. The number of carbonyl (C=O) groups is 2. The summed E-state index contributed by atoms with van der Waals surface area (Å²) in [6, 6.07) is 3.81. The molecule has 0 aliphatic heterocycles. The molecule has 2 rings (SSSR count). The van der Waals surface area contributed by atoms with E-state index in [2.05, 4.69) is 21.2 Å². The molecule has 1 aliphatic carbocycles. The fourth-order valence-electron chi connectivity index (χ4n) is 2.24. The van der Waals surface area contributed by atoms with Gasteiger partial charge in [0.1, 0.15) is 5.75 Å². The van der Waals surface area contributed by atoms with Gasteiger partial charge in [-0.05, 0) is 47.0 Å². The molecule has 0 spiro atoms. The molecule has 0 heterocycles. The number of hydrogen-bond donors (Lipinski definition) is 2. The van der Waals surface area contributed by atoms with Crippen LogP contribution in [-0.2, 0) is 14.3 Å². The second kappa shape index (κ2) is 7.11. The minimum absolute atomic E-state index is 0.0953. The molecule has 1 aromatic carbocycles. The molecule has 2 N–H and O–H groups in total. The molecule has 3 unspecified atom stereocenters. The average Bonchev–Trinajstić information content (AvgIpc) is 3.24. The van der Waals surface area contributed by atoms with Gasteiger partial charge < -0.3 is 19.9 Å². The highest BCUT2D eigenvalue weighted by Crippen LogP contribution is 2.35. The van der Waals surface area contributed by atoms with E-state index in [-0.39, 0.29) is 17.9 Å². The summed E-state index contributed by atoms with van der Waals surface area (Å²) in [5.41, 5.74) is 0.474. The van der Waals surface area contributed by atoms with E-state index in [9.17, 15) is 14.7 Å². The molecule has 1 fully saturated rings. The van der Waals surface area contributed by atoms with E-state index in [0.29, 0.717) is 28.8 Å². The van der Waals surface area contributed by atoms with Gasteiger partial charge in [-0.1, -0.05) is 6.07 Å². The minimum atomic E-state index is -1.11. The molecule has 7 heteroatoms. The summed E-state index contributed by atoms with van der Waals surface area (Å²) in [5.74, 6) is -1.07. The van der Waals surface area contributed by atoms with Crippen LogP contribution in [0.25, 0.3) is 0 Å². The number of carbonyl (C=O) groups excluding carboxylic acids is 1. The van der Waals surface area contributed by atoms with E-state index in [1.807, 2.05) is 6.92 Å². The first kappa shape index (κ1) is 16.8. The highest BCUT2D eigenvalue weighted by molar-refractivity contribution is 9.10. The molecule has 120 valence electrons. The Kier molecular flexibility index (Phi) is 5.42. The highest BCUT2D eigenvalue weighted by Gasteiger charge is 2.45. The first-order valence-corrected chi connectivity index (χ1v) is 7.75. The van der Waals surface area contributed by atoms with Crippen molar-refractivity contribution < 1.29 is 24.2 Å². The van der Waals surface area contributed by atoms with Crippen molar-refractivity contribution in [3.05, 3.63) is 28.2 Å². The van der Waals surface area contributed by atoms with Crippen LogP contribution in [0, 0.1) is 5.92 Å². The molecule has 3 atom stereocenters. The molecule has 1 aromatic rings. The van der Waals surface area contributed by atoms with Gasteiger partial charge in [0, 0.05) is 6.61 Å². The zero-order valence-corrected chi connectivity index (χ0v) is 13.9. The van der Waals surface area contributed by atoms with E-state index < -0.39 is 12.0 Å². The topological polar surface area (TPSA) is 84.9 Å². The SMILES string of the molecule is CCOC1CC1C(=O)NC(C(=O)O)c1ccc(OC)c(Br)c1. The smallest absolute Gasteiger partial charge is 0.330 e. The number of methoxy groups -OCH3 is 1. The summed E-state index contributed by atoms with van der Waals surface area (Å²) in [4.78, 5) is 23.6. The molecular formula is C15H18BrNO5. The highest BCUT2D eigenvalue weighted by atomic mass is 79.9. The van der Waals surface area contributed by atoms with Gasteiger partial charge in [0.05, 0.1) is 23.6 Å². The van der Waals surface area contributed by atoms with Gasteiger partial charge in [-0.15, -0.1) is 0 Å². The predicted octanol–water partition coefficient (Wildman–Crippen LogP) is 2.12. The van der Waals surface area contributed by atoms with E-state index >= 15 is 0 Å². The third-order valence-corrected chi connectivity index (χ3v) is 4.11. The third-order valence-electron chi connectivity index (χ3n) is 3.49. The molecule has 1 amide bonds. The van der Waals surface area contributed by atoms with Crippen LogP contribution in [0.3, 0.4) is 0 Å². The largest absolute Gasteiger partial charge is 0.496 e. The Morgan fingerprint density at radius 3 is 2.77 bits per heavy atom. The second-order valence-electron chi connectivity index (χ2n) is 5.01. The van der Waals surface area contributed by atoms with E-state index in [1.165, 1.54) is 7.11 Å². The summed E-state index contributed by atoms with van der Waals surface area (Å²) in [6.45, 7) is 2.41. The van der Waals surface area contributed by atoms with Crippen molar-refractivity contribution in [1.29, 1.82) is 0 Å². The van der Waals surface area contributed by atoms with Gasteiger partial charge >= 0.3 is 5.97 Å². The number of nitrogens with one attached hydrogen (secondary N) is 1. The van der Waals surface area contributed by atoms with Gasteiger partial charge in [-0.25, -0.2) is 4.79 Å². The number of amides is 1. The number of benzene rings is 1. The molecule has 0 aromatic heterocycles. The number of aliphatic carboxylic acids is 1. The minimum Gasteiger partial charge on any atom is -0.496 e. The summed E-state index contributed by atoms with van der Waals surface area (Å²) in [7, 11) is 1.52. The zero-order chi connectivity index (χ0) is 16.3. The fraction of sp³-hybridized carbons (Fsp3) is 0.467. The lowest BCUT2D eigenvalue weighted by molar-refractivity contribution is -0.142. The Bertz CT molecular complexity index is 577. The monoisotopic (exact) mass is 371 g/mol. The Morgan fingerprint density at radius 2 is 2.23 bits per heavy atom. The number of ether oxygens (including phenoxy) is 2. The molecule has 0 saturated heterocycles. The van der Waals surface area contributed by atoms with Crippen molar-refractivity contribution in [1.82, 2.24) is 5.32 Å². The maximum Gasteiger partial charge on any atom is 0.330 e. The van der Waals surface area contributed by atoms with Crippen molar-refractivity contribution in [2.75, 3.05) is 13.7 Å². The van der Waals surface area contributed by atoms with Crippen LogP contribution in [0.5, 0.6) is 5.75 Å². The Hall–Kier alpha value is -1.60. The van der Waals surface area contributed by atoms with Crippen molar-refractivity contribution >= 4 is 27.8 Å². The van der Waals surface area contributed by atoms with Crippen molar-refractivity contribution in [3.63, 3.8) is 0 Å². The molecule has 1 aliphatic rings. The zero-order valence-electron chi connectivity index (χ0n) is 12.3. The van der Waals surface area contributed by atoms with Gasteiger partial charge in [0.15, 0.2) is 6.04 Å². The van der Waals surface area contributed by atoms with Gasteiger partial charge in [0.25, 0.3) is 0 Å². The van der Waals surface area contributed by atoms with Gasteiger partial charge in [0.2, 0.25) is 5.91 Å². The molecule has 22 heavy (non-hydrogen) atoms. The van der Waals surface area contributed by atoms with E-state index in [1.54, 1.807) is 18.2 Å². The number of halogens is 1. The first-order valence-electron chi connectivity index (χ1n) is 6.96. The number of carboxylic acids is 1. The number of hydrogen-bond acceptors (Lipinski definition) is 4. The lowest BCUT2D eigenvalue weighted by Crippen LogP contribution is -2.35. The van der Waals surface area contributed by atoms with Crippen LogP contribution in [0.2, 0.25) is 0 Å². The van der Waals surface area contributed by atoms with Crippen LogP contribution >= 0.6 is 15.9 Å². The van der Waals surface area contributed by atoms with Crippen molar-refractivity contribution in [2.45, 2.75) is 25.5 Å². The Labute approximate surface area is 136 Å². The van der Waals surface area contributed by atoms with E-state index in [4.69, 9.17) is 9.47 Å². The molecule has 6 nitrogen and oxygen atoms in total. The van der Waals surface area contributed by atoms with Crippen molar-refractivity contribution in [3.8, 4) is 5.75 Å². The molecular weight excluding hydrogens is 354 g/mol. The van der Waals surface area contributed by atoms with Gasteiger partial charge in [-0.3, -0.25) is 4.79 Å². The Balaban J connectivity index is 2.09.